The molecule has 0 saturated carbocycles. The number of amides is 2. The Bertz CT molecular complexity index is 309. The van der Waals surface area contributed by atoms with E-state index in [0.29, 0.717) is 6.54 Å². The van der Waals surface area contributed by atoms with E-state index in [9.17, 15) is 9.59 Å². The van der Waals surface area contributed by atoms with Gasteiger partial charge in [0.1, 0.15) is 6.04 Å². The number of urea groups is 1. The summed E-state index contributed by atoms with van der Waals surface area (Å²) in [5.74, 6) is -1.02. The normalized spacial score (nSPS) is 11.9. The monoisotopic (exact) mass is 328 g/mol. The first-order chi connectivity index (χ1) is 11.1. The summed E-state index contributed by atoms with van der Waals surface area (Å²) in [7, 11) is 0. The van der Waals surface area contributed by atoms with Crippen LogP contribution in [-0.4, -0.2) is 29.7 Å². The van der Waals surface area contributed by atoms with Crippen molar-refractivity contribution >= 4 is 12.0 Å². The number of nitrogens with one attached hydrogen (secondary N) is 2. The van der Waals surface area contributed by atoms with Crippen LogP contribution in [-0.2, 0) is 4.79 Å². The lowest BCUT2D eigenvalue weighted by Crippen LogP contribution is -2.44. The molecule has 3 N–H and O–H groups in total. The van der Waals surface area contributed by atoms with Gasteiger partial charge < -0.3 is 15.7 Å². The molecule has 2 amide bonds. The van der Waals surface area contributed by atoms with Crippen molar-refractivity contribution in [2.45, 2.75) is 96.9 Å². The smallest absolute Gasteiger partial charge is 0.325 e. The van der Waals surface area contributed by atoms with Crippen LogP contribution in [0.25, 0.3) is 0 Å². The molecule has 5 nitrogen and oxygen atoms in total. The van der Waals surface area contributed by atoms with Gasteiger partial charge in [0.25, 0.3) is 0 Å². The third-order valence-corrected chi connectivity index (χ3v) is 4.03. The molecule has 0 aromatic heterocycles. The summed E-state index contributed by atoms with van der Waals surface area (Å²) in [4.78, 5) is 22.0. The fraction of sp³-hybridized carbons (Fsp3) is 0.889. The molecule has 0 fully saturated rings. The molecule has 0 radical (unpaired) electrons. The lowest BCUT2D eigenvalue weighted by Gasteiger charge is -2.10. The van der Waals surface area contributed by atoms with Crippen molar-refractivity contribution in [2.75, 3.05) is 6.54 Å². The van der Waals surface area contributed by atoms with Crippen LogP contribution >= 0.6 is 0 Å². The van der Waals surface area contributed by atoms with Gasteiger partial charge >= 0.3 is 12.0 Å². The number of hydrogen-bond donors (Lipinski definition) is 3. The van der Waals surface area contributed by atoms with Crippen molar-refractivity contribution in [3.8, 4) is 0 Å². The Kier molecular flexibility index (Phi) is 14.8. The lowest BCUT2D eigenvalue weighted by atomic mass is 10.1. The van der Waals surface area contributed by atoms with Crippen LogP contribution in [0.4, 0.5) is 4.79 Å². The Balaban J connectivity index is 3.21. The number of carbonyl (C=O) groups is 2. The molecule has 0 heterocycles. The maximum absolute atomic E-state index is 11.4. The van der Waals surface area contributed by atoms with Gasteiger partial charge in [-0.1, -0.05) is 77.6 Å². The molecule has 0 aromatic rings. The van der Waals surface area contributed by atoms with Gasteiger partial charge in [0.2, 0.25) is 0 Å². The second-order valence-electron chi connectivity index (χ2n) is 6.35. The molecule has 0 aliphatic carbocycles. The Morgan fingerprint density at radius 2 is 1.26 bits per heavy atom. The maximum Gasteiger partial charge on any atom is 0.325 e. The highest BCUT2D eigenvalue weighted by Crippen LogP contribution is 2.11. The first kappa shape index (κ1) is 21.7. The van der Waals surface area contributed by atoms with E-state index in [-0.39, 0.29) is 0 Å². The van der Waals surface area contributed by atoms with Crippen molar-refractivity contribution in [3.05, 3.63) is 0 Å². The number of aliphatic carboxylic acids is 1. The molecule has 0 spiro atoms. The highest BCUT2D eigenvalue weighted by Gasteiger charge is 2.12. The summed E-state index contributed by atoms with van der Waals surface area (Å²) in [6, 6.07) is -1.25. The first-order valence-corrected chi connectivity index (χ1v) is 9.35. The zero-order chi connectivity index (χ0) is 17.3. The average molecular weight is 328 g/mol. The minimum absolute atomic E-state index is 0.400. The highest BCUT2D eigenvalue weighted by molar-refractivity contribution is 5.82. The molecule has 5 heteroatoms. The highest BCUT2D eigenvalue weighted by atomic mass is 16.4. The average Bonchev–Trinajstić information content (AvgIpc) is 2.51. The number of hydrogen-bond acceptors (Lipinski definition) is 2. The topological polar surface area (TPSA) is 78.4 Å². The fourth-order valence-electron chi connectivity index (χ4n) is 2.48. The number of carbonyl (C=O) groups excluding carboxylic acids is 1. The molecule has 136 valence electrons. The van der Waals surface area contributed by atoms with E-state index in [2.05, 4.69) is 17.6 Å². The van der Waals surface area contributed by atoms with Gasteiger partial charge in [0.05, 0.1) is 0 Å². The lowest BCUT2D eigenvalue weighted by molar-refractivity contribution is -0.138. The molecule has 0 aliphatic heterocycles. The van der Waals surface area contributed by atoms with Crippen molar-refractivity contribution in [2.24, 2.45) is 0 Å². The second kappa shape index (κ2) is 15.6. The standard InChI is InChI=1S/C18H36N2O3/c1-3-4-5-6-7-8-9-10-11-12-13-14-15-19-18(23)20-16(2)17(21)22/h16H,3-15H2,1-2H3,(H,21,22)(H2,19,20,23)/t16-/m0/s1. The predicted octanol–water partition coefficient (Wildman–Crippen LogP) is 4.46. The van der Waals surface area contributed by atoms with Crippen LogP contribution in [0.2, 0.25) is 0 Å². The third-order valence-electron chi connectivity index (χ3n) is 4.03. The summed E-state index contributed by atoms with van der Waals surface area (Å²) >= 11 is 0. The molecule has 1 atom stereocenters. The van der Waals surface area contributed by atoms with Crippen LogP contribution in [0.3, 0.4) is 0 Å². The van der Waals surface area contributed by atoms with E-state index in [1.54, 1.807) is 0 Å². The predicted molar refractivity (Wildman–Crippen MR) is 94.7 cm³/mol. The molecular weight excluding hydrogens is 292 g/mol. The van der Waals surface area contributed by atoms with Crippen LogP contribution in [0.1, 0.15) is 90.9 Å². The van der Waals surface area contributed by atoms with Crippen molar-refractivity contribution in [1.82, 2.24) is 10.6 Å². The van der Waals surface area contributed by atoms with Crippen LogP contribution in [0.15, 0.2) is 0 Å². The zero-order valence-electron chi connectivity index (χ0n) is 15.0. The summed E-state index contributed by atoms with van der Waals surface area (Å²) in [6.07, 6.45) is 15.4. The molecular formula is C18H36N2O3. The first-order valence-electron chi connectivity index (χ1n) is 9.35. The number of rotatable bonds is 15. The number of carboxylic acids is 1. The maximum atomic E-state index is 11.4. The molecule has 0 saturated heterocycles. The van der Waals surface area contributed by atoms with Crippen LogP contribution < -0.4 is 10.6 Å². The van der Waals surface area contributed by atoms with Gasteiger partial charge in [0, 0.05) is 6.54 Å². The van der Waals surface area contributed by atoms with E-state index in [0.717, 1.165) is 12.8 Å². The zero-order valence-corrected chi connectivity index (χ0v) is 15.0. The summed E-state index contributed by atoms with van der Waals surface area (Å²) < 4.78 is 0. The van der Waals surface area contributed by atoms with Crippen LogP contribution in [0, 0.1) is 0 Å². The minimum atomic E-state index is -1.02. The summed E-state index contributed by atoms with van der Waals surface area (Å²) in [5.41, 5.74) is 0. The van der Waals surface area contributed by atoms with Gasteiger partial charge in [-0.3, -0.25) is 4.79 Å². The minimum Gasteiger partial charge on any atom is -0.480 e. The molecule has 0 bridgehead atoms. The number of unbranched alkanes of at least 4 members (excludes halogenated alkanes) is 11. The number of carboxylic acid groups (broad SMARTS) is 1. The van der Waals surface area contributed by atoms with Gasteiger partial charge in [0.15, 0.2) is 0 Å². The van der Waals surface area contributed by atoms with Crippen molar-refractivity contribution in [1.29, 1.82) is 0 Å². The Labute approximate surface area is 141 Å². The van der Waals surface area contributed by atoms with E-state index < -0.39 is 18.0 Å². The summed E-state index contributed by atoms with van der Waals surface area (Å²) in [6.45, 7) is 4.31. The van der Waals surface area contributed by atoms with E-state index >= 15 is 0 Å². The largest absolute Gasteiger partial charge is 0.480 e. The van der Waals surface area contributed by atoms with E-state index in [4.69, 9.17) is 5.11 Å². The quantitative estimate of drug-likeness (QED) is 0.388. The van der Waals surface area contributed by atoms with Gasteiger partial charge in [-0.2, -0.15) is 0 Å². The molecule has 0 aromatic carbocycles. The third kappa shape index (κ3) is 15.4. The van der Waals surface area contributed by atoms with Gasteiger partial charge in [-0.05, 0) is 13.3 Å². The Morgan fingerprint density at radius 3 is 1.70 bits per heavy atom. The van der Waals surface area contributed by atoms with Crippen molar-refractivity contribution < 1.29 is 14.7 Å². The Morgan fingerprint density at radius 1 is 0.826 bits per heavy atom. The van der Waals surface area contributed by atoms with Crippen molar-refractivity contribution in [3.63, 3.8) is 0 Å². The Hall–Kier alpha value is -1.26. The molecule has 0 unspecified atom stereocenters. The summed E-state index contributed by atoms with van der Waals surface area (Å²) in [5, 5.41) is 13.7. The van der Waals surface area contributed by atoms with E-state index in [1.165, 1.54) is 71.1 Å². The fourth-order valence-corrected chi connectivity index (χ4v) is 2.48. The van der Waals surface area contributed by atoms with E-state index in [1.807, 2.05) is 0 Å². The molecule has 23 heavy (non-hydrogen) atoms. The SMILES string of the molecule is CCCCCCCCCCCCCCNC(=O)N[C@@H](C)C(=O)O. The molecule has 0 rings (SSSR count). The van der Waals surface area contributed by atoms with Gasteiger partial charge in [-0.25, -0.2) is 4.79 Å². The van der Waals surface area contributed by atoms with Crippen LogP contribution in [0.5, 0.6) is 0 Å². The van der Waals surface area contributed by atoms with Gasteiger partial charge in [-0.15, -0.1) is 0 Å². The second-order valence-corrected chi connectivity index (χ2v) is 6.35. The molecule has 0 aliphatic rings.